The number of amides is 1. The second kappa shape index (κ2) is 8.98. The molecule has 0 saturated carbocycles. The third-order valence-corrected chi connectivity index (χ3v) is 4.21. The highest BCUT2D eigenvalue weighted by Crippen LogP contribution is 2.17. The summed E-state index contributed by atoms with van der Waals surface area (Å²) in [5.41, 5.74) is 3.07. The van der Waals surface area contributed by atoms with Crippen LogP contribution in [-0.2, 0) is 6.42 Å². The lowest BCUT2D eigenvalue weighted by Crippen LogP contribution is -2.26. The van der Waals surface area contributed by atoms with E-state index in [1.807, 2.05) is 61.5 Å². The van der Waals surface area contributed by atoms with Crippen molar-refractivity contribution in [1.29, 1.82) is 0 Å². The topological polar surface area (TPSA) is 69.0 Å². The highest BCUT2D eigenvalue weighted by molar-refractivity contribution is 5.93. The van der Waals surface area contributed by atoms with E-state index in [4.69, 9.17) is 4.74 Å². The zero-order chi connectivity index (χ0) is 19.1. The van der Waals surface area contributed by atoms with Gasteiger partial charge in [0, 0.05) is 6.54 Å². The largest absolute Gasteiger partial charge is 0.494 e. The first-order chi connectivity index (χ1) is 13.2. The molecule has 0 radical (unpaired) electrons. The van der Waals surface area contributed by atoms with Gasteiger partial charge in [-0.1, -0.05) is 42.5 Å². The van der Waals surface area contributed by atoms with Crippen LogP contribution >= 0.6 is 0 Å². The fourth-order valence-corrected chi connectivity index (χ4v) is 2.74. The van der Waals surface area contributed by atoms with Crippen LogP contribution in [0.2, 0.25) is 0 Å². The summed E-state index contributed by atoms with van der Waals surface area (Å²) in [7, 11) is 0. The number of nitrogens with one attached hydrogen (secondary N) is 1. The van der Waals surface area contributed by atoms with Crippen LogP contribution in [0.5, 0.6) is 5.75 Å². The van der Waals surface area contributed by atoms with E-state index in [9.17, 15) is 4.79 Å². The number of nitrogens with zero attached hydrogens (tertiary/aromatic N) is 3. The number of carbonyl (C=O) groups excluding carboxylic acids is 1. The van der Waals surface area contributed by atoms with Gasteiger partial charge < -0.3 is 10.1 Å². The molecule has 1 heterocycles. The molecule has 0 atom stereocenters. The van der Waals surface area contributed by atoms with Gasteiger partial charge in [-0.3, -0.25) is 4.79 Å². The Bertz CT molecular complexity index is 873. The zero-order valence-corrected chi connectivity index (χ0v) is 15.7. The summed E-state index contributed by atoms with van der Waals surface area (Å²) in [6, 6.07) is 17.7. The standard InChI is InChI=1S/C21H24N4O2/c1-3-15-27-19-11-9-18(10-12-19)25-16(2)20(23-24-25)21(26)22-14-13-17-7-5-4-6-8-17/h4-12H,3,13-15H2,1-2H3,(H,22,26). The summed E-state index contributed by atoms with van der Waals surface area (Å²) >= 11 is 0. The fourth-order valence-electron chi connectivity index (χ4n) is 2.74. The van der Waals surface area contributed by atoms with Gasteiger partial charge in [-0.25, -0.2) is 4.68 Å². The van der Waals surface area contributed by atoms with Crippen molar-refractivity contribution in [2.45, 2.75) is 26.7 Å². The molecular weight excluding hydrogens is 340 g/mol. The molecule has 1 aromatic heterocycles. The summed E-state index contributed by atoms with van der Waals surface area (Å²) in [5, 5.41) is 11.1. The minimum Gasteiger partial charge on any atom is -0.494 e. The van der Waals surface area contributed by atoms with Gasteiger partial charge in [-0.05, 0) is 49.6 Å². The first-order valence-corrected chi connectivity index (χ1v) is 9.16. The number of carbonyl (C=O) groups is 1. The van der Waals surface area contributed by atoms with Crippen LogP contribution in [0.15, 0.2) is 54.6 Å². The van der Waals surface area contributed by atoms with Gasteiger partial charge in [0.2, 0.25) is 0 Å². The number of hydrogen-bond donors (Lipinski definition) is 1. The van der Waals surface area contributed by atoms with Crippen molar-refractivity contribution in [3.63, 3.8) is 0 Å². The summed E-state index contributed by atoms with van der Waals surface area (Å²) in [5.74, 6) is 0.606. The highest BCUT2D eigenvalue weighted by Gasteiger charge is 2.17. The van der Waals surface area contributed by atoms with E-state index in [0.717, 1.165) is 24.3 Å². The number of benzene rings is 2. The molecule has 0 aliphatic rings. The van der Waals surface area contributed by atoms with Crippen LogP contribution < -0.4 is 10.1 Å². The summed E-state index contributed by atoms with van der Waals surface area (Å²) in [6.45, 7) is 5.15. The smallest absolute Gasteiger partial charge is 0.273 e. The SMILES string of the molecule is CCCOc1ccc(-n2nnc(C(=O)NCCc3ccccc3)c2C)cc1. The highest BCUT2D eigenvalue weighted by atomic mass is 16.5. The molecule has 0 saturated heterocycles. The van der Waals surface area contributed by atoms with Gasteiger partial charge in [-0.15, -0.1) is 5.10 Å². The third kappa shape index (κ3) is 4.73. The van der Waals surface area contributed by atoms with Gasteiger partial charge in [0.15, 0.2) is 5.69 Å². The number of aromatic nitrogens is 3. The summed E-state index contributed by atoms with van der Waals surface area (Å²) in [4.78, 5) is 12.4. The molecule has 3 aromatic rings. The Labute approximate surface area is 159 Å². The van der Waals surface area contributed by atoms with E-state index >= 15 is 0 Å². The van der Waals surface area contributed by atoms with Gasteiger partial charge in [0.05, 0.1) is 18.0 Å². The maximum atomic E-state index is 12.4. The molecule has 0 fully saturated rings. The minimum absolute atomic E-state index is 0.211. The Morgan fingerprint density at radius 1 is 1.11 bits per heavy atom. The maximum absolute atomic E-state index is 12.4. The Morgan fingerprint density at radius 2 is 1.85 bits per heavy atom. The first-order valence-electron chi connectivity index (χ1n) is 9.16. The van der Waals surface area contributed by atoms with Gasteiger partial charge in [0.1, 0.15) is 5.75 Å². The molecule has 0 aliphatic heterocycles. The maximum Gasteiger partial charge on any atom is 0.273 e. The molecule has 27 heavy (non-hydrogen) atoms. The molecule has 0 aliphatic carbocycles. The molecule has 3 rings (SSSR count). The molecule has 0 bridgehead atoms. The van der Waals surface area contributed by atoms with Crippen LogP contribution in [0, 0.1) is 6.92 Å². The molecule has 140 valence electrons. The lowest BCUT2D eigenvalue weighted by atomic mass is 10.1. The van der Waals surface area contributed by atoms with Crippen molar-refractivity contribution >= 4 is 5.91 Å². The van der Waals surface area contributed by atoms with E-state index < -0.39 is 0 Å². The lowest BCUT2D eigenvalue weighted by Gasteiger charge is -2.07. The van der Waals surface area contributed by atoms with Crippen LogP contribution in [0.4, 0.5) is 0 Å². The fraction of sp³-hybridized carbons (Fsp3) is 0.286. The Kier molecular flexibility index (Phi) is 6.20. The third-order valence-electron chi connectivity index (χ3n) is 4.21. The normalized spacial score (nSPS) is 10.6. The molecule has 0 unspecified atom stereocenters. The Balaban J connectivity index is 1.63. The molecule has 6 nitrogen and oxygen atoms in total. The lowest BCUT2D eigenvalue weighted by molar-refractivity contribution is 0.0948. The van der Waals surface area contributed by atoms with Gasteiger partial charge >= 0.3 is 0 Å². The van der Waals surface area contributed by atoms with Crippen molar-refractivity contribution in [1.82, 2.24) is 20.3 Å². The Morgan fingerprint density at radius 3 is 2.56 bits per heavy atom. The van der Waals surface area contributed by atoms with Crippen LogP contribution in [-0.4, -0.2) is 34.1 Å². The summed E-state index contributed by atoms with van der Waals surface area (Å²) < 4.78 is 7.25. The van der Waals surface area contributed by atoms with Crippen molar-refractivity contribution in [2.24, 2.45) is 0 Å². The quantitative estimate of drug-likeness (QED) is 0.666. The van der Waals surface area contributed by atoms with Gasteiger partial charge in [-0.2, -0.15) is 0 Å². The Hall–Kier alpha value is -3.15. The number of hydrogen-bond acceptors (Lipinski definition) is 4. The van der Waals surface area contributed by atoms with E-state index in [-0.39, 0.29) is 5.91 Å². The van der Waals surface area contributed by atoms with Crippen molar-refractivity contribution in [3.8, 4) is 11.4 Å². The predicted molar refractivity (Wildman–Crippen MR) is 104 cm³/mol. The molecular formula is C21H24N4O2. The molecule has 2 aromatic carbocycles. The van der Waals surface area contributed by atoms with Crippen molar-refractivity contribution in [2.75, 3.05) is 13.2 Å². The zero-order valence-electron chi connectivity index (χ0n) is 15.7. The monoisotopic (exact) mass is 364 g/mol. The van der Waals surface area contributed by atoms with Gasteiger partial charge in [0.25, 0.3) is 5.91 Å². The van der Waals surface area contributed by atoms with Crippen molar-refractivity contribution < 1.29 is 9.53 Å². The summed E-state index contributed by atoms with van der Waals surface area (Å²) in [6.07, 6.45) is 1.74. The molecule has 6 heteroatoms. The molecule has 0 spiro atoms. The number of ether oxygens (including phenoxy) is 1. The van der Waals surface area contributed by atoms with Crippen LogP contribution in [0.3, 0.4) is 0 Å². The molecule has 1 N–H and O–H groups in total. The van der Waals surface area contributed by atoms with E-state index in [1.54, 1.807) is 4.68 Å². The molecule has 1 amide bonds. The van der Waals surface area contributed by atoms with E-state index in [0.29, 0.717) is 24.5 Å². The van der Waals surface area contributed by atoms with Crippen LogP contribution in [0.25, 0.3) is 5.69 Å². The second-order valence-electron chi connectivity index (χ2n) is 6.27. The van der Waals surface area contributed by atoms with Crippen LogP contribution in [0.1, 0.15) is 35.1 Å². The average Bonchev–Trinajstić information content (AvgIpc) is 3.09. The first kappa shape index (κ1) is 18.6. The average molecular weight is 364 g/mol. The minimum atomic E-state index is -0.211. The van der Waals surface area contributed by atoms with E-state index in [1.165, 1.54) is 5.56 Å². The number of rotatable bonds is 8. The van der Waals surface area contributed by atoms with Crippen molar-refractivity contribution in [3.05, 3.63) is 71.5 Å². The second-order valence-corrected chi connectivity index (χ2v) is 6.27. The predicted octanol–water partition coefficient (Wildman–Crippen LogP) is 3.34. The van der Waals surface area contributed by atoms with E-state index in [2.05, 4.69) is 22.6 Å².